The minimum atomic E-state index is 0.793. The molecule has 1 aromatic carbocycles. The van der Waals surface area contributed by atoms with E-state index in [4.69, 9.17) is 4.74 Å². The van der Waals surface area contributed by atoms with Crippen LogP contribution in [0.3, 0.4) is 0 Å². The predicted octanol–water partition coefficient (Wildman–Crippen LogP) is 3.54. The van der Waals surface area contributed by atoms with Crippen LogP contribution < -0.4 is 4.74 Å². The van der Waals surface area contributed by atoms with Crippen molar-refractivity contribution in [3.05, 3.63) is 29.8 Å². The summed E-state index contributed by atoms with van der Waals surface area (Å²) in [5.74, 6) is 1.78. The highest BCUT2D eigenvalue weighted by Gasteiger charge is 2.23. The van der Waals surface area contributed by atoms with Crippen LogP contribution in [0.2, 0.25) is 0 Å². The molecule has 0 aliphatic heterocycles. The van der Waals surface area contributed by atoms with E-state index in [1.54, 1.807) is 0 Å². The fourth-order valence-electron chi connectivity index (χ4n) is 1.54. The van der Waals surface area contributed by atoms with Gasteiger partial charge in [0.2, 0.25) is 0 Å². The normalized spacial score (nSPS) is 15.5. The molecule has 1 aromatic rings. The molecule has 0 saturated heterocycles. The Balaban J connectivity index is 1.92. The minimum absolute atomic E-state index is 0.793. The molecule has 1 radical (unpaired) electrons. The van der Waals surface area contributed by atoms with Crippen molar-refractivity contribution in [1.82, 2.24) is 0 Å². The maximum Gasteiger partial charge on any atom is 0.120 e. The van der Waals surface area contributed by atoms with E-state index in [-0.39, 0.29) is 0 Å². The van der Waals surface area contributed by atoms with E-state index < -0.39 is 0 Å². The van der Waals surface area contributed by atoms with Crippen molar-refractivity contribution in [3.63, 3.8) is 0 Å². The van der Waals surface area contributed by atoms with Crippen LogP contribution in [0.25, 0.3) is 0 Å². The van der Waals surface area contributed by atoms with E-state index in [2.05, 4.69) is 25.1 Å². The second-order valence-electron chi connectivity index (χ2n) is 3.98. The first-order valence-corrected chi connectivity index (χ1v) is 5.54. The first kappa shape index (κ1) is 9.57. The van der Waals surface area contributed by atoms with E-state index in [9.17, 15) is 0 Å². The molecule has 0 atom stereocenters. The topological polar surface area (TPSA) is 9.23 Å². The molecule has 1 heteroatoms. The Morgan fingerprint density at radius 1 is 1.43 bits per heavy atom. The third-order valence-corrected chi connectivity index (χ3v) is 2.60. The summed E-state index contributed by atoms with van der Waals surface area (Å²) in [6.07, 6.45) is 5.00. The Morgan fingerprint density at radius 3 is 3.00 bits per heavy atom. The highest BCUT2D eigenvalue weighted by molar-refractivity contribution is 5.32. The van der Waals surface area contributed by atoms with Gasteiger partial charge < -0.3 is 4.74 Å². The Kier molecular flexibility index (Phi) is 3.07. The number of ether oxygens (including phenoxy) is 1. The van der Waals surface area contributed by atoms with Crippen LogP contribution in [0, 0.1) is 6.07 Å². The van der Waals surface area contributed by atoms with Crippen LogP contribution >= 0.6 is 0 Å². The summed E-state index contributed by atoms with van der Waals surface area (Å²) in [6, 6.07) is 9.34. The molecular weight excluding hydrogens is 172 g/mol. The summed E-state index contributed by atoms with van der Waals surface area (Å²) in [6.45, 7) is 3.01. The van der Waals surface area contributed by atoms with Gasteiger partial charge in [0.25, 0.3) is 0 Å². The van der Waals surface area contributed by atoms with E-state index in [1.165, 1.54) is 24.8 Å². The molecule has 1 saturated carbocycles. The molecular formula is C13H17O. The van der Waals surface area contributed by atoms with Gasteiger partial charge in [0.05, 0.1) is 6.61 Å². The molecule has 0 heterocycles. The largest absolute Gasteiger partial charge is 0.494 e. The van der Waals surface area contributed by atoms with E-state index >= 15 is 0 Å². The molecule has 0 bridgehead atoms. The summed E-state index contributed by atoms with van der Waals surface area (Å²) in [4.78, 5) is 0. The first-order chi connectivity index (χ1) is 6.90. The summed E-state index contributed by atoms with van der Waals surface area (Å²) in [5, 5.41) is 0. The van der Waals surface area contributed by atoms with Gasteiger partial charge in [-0.1, -0.05) is 19.4 Å². The molecule has 1 fully saturated rings. The lowest BCUT2D eigenvalue weighted by molar-refractivity contribution is 0.309. The highest BCUT2D eigenvalue weighted by atomic mass is 16.5. The third kappa shape index (κ3) is 2.50. The average molecular weight is 189 g/mol. The van der Waals surface area contributed by atoms with Crippen LogP contribution in [0.1, 0.15) is 44.1 Å². The van der Waals surface area contributed by atoms with Gasteiger partial charge in [0, 0.05) is 0 Å². The van der Waals surface area contributed by atoms with Crippen LogP contribution in [-0.2, 0) is 0 Å². The molecule has 1 aliphatic rings. The lowest BCUT2D eigenvalue weighted by Crippen LogP contribution is -1.96. The maximum absolute atomic E-state index is 5.63. The summed E-state index contributed by atoms with van der Waals surface area (Å²) in [7, 11) is 0. The Bertz CT molecular complexity index is 289. The summed E-state index contributed by atoms with van der Waals surface area (Å²) >= 11 is 0. The van der Waals surface area contributed by atoms with Gasteiger partial charge in [-0.2, -0.15) is 0 Å². The fourth-order valence-corrected chi connectivity index (χ4v) is 1.54. The average Bonchev–Trinajstić information content (AvgIpc) is 3.02. The highest BCUT2D eigenvalue weighted by Crippen LogP contribution is 2.40. The number of benzene rings is 1. The molecule has 75 valence electrons. The minimum Gasteiger partial charge on any atom is -0.494 e. The second kappa shape index (κ2) is 4.50. The molecule has 0 unspecified atom stereocenters. The molecule has 0 spiro atoms. The molecule has 14 heavy (non-hydrogen) atoms. The molecule has 0 N–H and O–H groups in total. The maximum atomic E-state index is 5.63. The van der Waals surface area contributed by atoms with Gasteiger partial charge >= 0.3 is 0 Å². The molecule has 0 aromatic heterocycles. The van der Waals surface area contributed by atoms with Crippen molar-refractivity contribution in [2.45, 2.75) is 38.5 Å². The van der Waals surface area contributed by atoms with Crippen molar-refractivity contribution >= 4 is 0 Å². The summed E-state index contributed by atoms with van der Waals surface area (Å²) in [5.41, 5.74) is 1.40. The zero-order valence-electron chi connectivity index (χ0n) is 8.75. The standard InChI is InChI=1S/C13H17O/c1-2-3-9-14-13-6-4-5-12(10-13)11-7-8-11/h5-6,10-11H,2-3,7-9H2,1H3. The van der Waals surface area contributed by atoms with Gasteiger partial charge in [0.1, 0.15) is 5.75 Å². The fraction of sp³-hybridized carbons (Fsp3) is 0.538. The number of unbranched alkanes of at least 4 members (excludes halogenated alkanes) is 1. The van der Waals surface area contributed by atoms with Crippen molar-refractivity contribution in [3.8, 4) is 5.75 Å². The molecule has 2 rings (SSSR count). The molecule has 1 nitrogen and oxygen atoms in total. The van der Waals surface area contributed by atoms with Gasteiger partial charge in [-0.3, -0.25) is 0 Å². The summed E-state index contributed by atoms with van der Waals surface area (Å²) < 4.78 is 5.63. The lowest BCUT2D eigenvalue weighted by atomic mass is 10.1. The SMILES string of the molecule is CCCCOc1c[c]cc(C2CC2)c1. The van der Waals surface area contributed by atoms with E-state index in [0.717, 1.165) is 24.7 Å². The monoisotopic (exact) mass is 189 g/mol. The van der Waals surface area contributed by atoms with Crippen molar-refractivity contribution < 1.29 is 4.74 Å². The van der Waals surface area contributed by atoms with Gasteiger partial charge in [0.15, 0.2) is 0 Å². The van der Waals surface area contributed by atoms with Crippen molar-refractivity contribution in [1.29, 1.82) is 0 Å². The Hall–Kier alpha value is -0.980. The number of hydrogen-bond acceptors (Lipinski definition) is 1. The van der Waals surface area contributed by atoms with Crippen LogP contribution in [0.15, 0.2) is 18.2 Å². The number of hydrogen-bond donors (Lipinski definition) is 0. The third-order valence-electron chi connectivity index (χ3n) is 2.60. The van der Waals surface area contributed by atoms with Crippen LogP contribution in [-0.4, -0.2) is 6.61 Å². The molecule has 0 amide bonds. The van der Waals surface area contributed by atoms with E-state index in [0.29, 0.717) is 0 Å². The van der Waals surface area contributed by atoms with Crippen molar-refractivity contribution in [2.24, 2.45) is 0 Å². The van der Waals surface area contributed by atoms with Crippen LogP contribution in [0.4, 0.5) is 0 Å². The Labute approximate surface area is 86.1 Å². The first-order valence-electron chi connectivity index (χ1n) is 5.54. The zero-order valence-corrected chi connectivity index (χ0v) is 8.75. The van der Waals surface area contributed by atoms with Crippen LogP contribution in [0.5, 0.6) is 5.75 Å². The smallest absolute Gasteiger partial charge is 0.120 e. The quantitative estimate of drug-likeness (QED) is 0.644. The zero-order chi connectivity index (χ0) is 9.80. The molecule has 1 aliphatic carbocycles. The Morgan fingerprint density at radius 2 is 2.29 bits per heavy atom. The van der Waals surface area contributed by atoms with Gasteiger partial charge in [-0.05, 0) is 48.9 Å². The van der Waals surface area contributed by atoms with Gasteiger partial charge in [-0.25, -0.2) is 0 Å². The number of rotatable bonds is 5. The predicted molar refractivity (Wildman–Crippen MR) is 57.7 cm³/mol. The lowest BCUT2D eigenvalue weighted by Gasteiger charge is -2.06. The second-order valence-corrected chi connectivity index (χ2v) is 3.98. The van der Waals surface area contributed by atoms with E-state index in [1.807, 2.05) is 6.07 Å². The van der Waals surface area contributed by atoms with Gasteiger partial charge in [-0.15, -0.1) is 0 Å². The van der Waals surface area contributed by atoms with Crippen molar-refractivity contribution in [2.75, 3.05) is 6.61 Å².